The highest BCUT2D eigenvalue weighted by molar-refractivity contribution is 6.00. The molecule has 8 heteroatoms. The van der Waals surface area contributed by atoms with Gasteiger partial charge in [-0.15, -0.1) is 0 Å². The second kappa shape index (κ2) is 10.6. The number of methoxy groups -OCH3 is 1. The molecule has 8 nitrogen and oxygen atoms in total. The lowest BCUT2D eigenvalue weighted by Crippen LogP contribution is -2.31. The van der Waals surface area contributed by atoms with Crippen molar-refractivity contribution in [3.05, 3.63) is 59.3 Å². The standard InChI is InChI=1S/C26H31N3O5/c1-4-14-34-20-12-11-17(16-21(20)33-5-2)25-22-23(18-9-6-7-10-19(18)30)27-28-24(22)26(31)29(25)13-8-15-32-3/h6-7,9-12,16,25,30H,4-5,8,13-15H2,1-3H3,(H,27,28)/t25-/m0/s1. The van der Waals surface area contributed by atoms with Crippen LogP contribution >= 0.6 is 0 Å². The van der Waals surface area contributed by atoms with Gasteiger partial charge in [0.2, 0.25) is 0 Å². The van der Waals surface area contributed by atoms with Gasteiger partial charge in [0.25, 0.3) is 5.91 Å². The Hall–Kier alpha value is -3.52. The summed E-state index contributed by atoms with van der Waals surface area (Å²) in [4.78, 5) is 15.2. The molecule has 0 spiro atoms. The Morgan fingerprint density at radius 3 is 2.65 bits per heavy atom. The van der Waals surface area contributed by atoms with E-state index in [1.54, 1.807) is 25.3 Å². The summed E-state index contributed by atoms with van der Waals surface area (Å²) in [7, 11) is 1.65. The van der Waals surface area contributed by atoms with Gasteiger partial charge in [0.05, 0.1) is 19.3 Å². The first-order valence-corrected chi connectivity index (χ1v) is 11.7. The summed E-state index contributed by atoms with van der Waals surface area (Å²) in [6.07, 6.45) is 1.58. The predicted octanol–water partition coefficient (Wildman–Crippen LogP) is 4.55. The predicted molar refractivity (Wildman–Crippen MR) is 128 cm³/mol. The number of nitrogens with one attached hydrogen (secondary N) is 1. The van der Waals surface area contributed by atoms with Gasteiger partial charge in [-0.05, 0) is 49.6 Å². The first-order valence-electron chi connectivity index (χ1n) is 11.7. The number of H-pyrrole nitrogens is 1. The number of hydrogen-bond acceptors (Lipinski definition) is 6. The normalized spacial score (nSPS) is 15.0. The van der Waals surface area contributed by atoms with Crippen LogP contribution in [0.5, 0.6) is 17.2 Å². The summed E-state index contributed by atoms with van der Waals surface area (Å²) in [5.74, 6) is 1.29. The smallest absolute Gasteiger partial charge is 0.273 e. The monoisotopic (exact) mass is 465 g/mol. The van der Waals surface area contributed by atoms with Crippen molar-refractivity contribution in [2.45, 2.75) is 32.7 Å². The van der Waals surface area contributed by atoms with Gasteiger partial charge < -0.3 is 24.2 Å². The molecule has 0 aliphatic carbocycles. The number of carbonyl (C=O) groups excluding carboxylic acids is 1. The third kappa shape index (κ3) is 4.46. The van der Waals surface area contributed by atoms with Crippen molar-refractivity contribution in [3.8, 4) is 28.5 Å². The summed E-state index contributed by atoms with van der Waals surface area (Å²) in [5.41, 5.74) is 3.20. The molecule has 3 aromatic rings. The van der Waals surface area contributed by atoms with E-state index in [1.807, 2.05) is 36.1 Å². The van der Waals surface area contributed by atoms with Crippen LogP contribution in [0.25, 0.3) is 11.3 Å². The number of aromatic amines is 1. The van der Waals surface area contributed by atoms with Crippen molar-refractivity contribution < 1.29 is 24.1 Å². The highest BCUT2D eigenvalue weighted by Gasteiger charge is 2.42. The van der Waals surface area contributed by atoms with Crippen LogP contribution in [0.1, 0.15) is 54.3 Å². The van der Waals surface area contributed by atoms with Crippen LogP contribution in [0.15, 0.2) is 42.5 Å². The zero-order valence-corrected chi connectivity index (χ0v) is 19.8. The molecular weight excluding hydrogens is 434 g/mol. The zero-order chi connectivity index (χ0) is 24.1. The molecule has 1 amide bonds. The summed E-state index contributed by atoms with van der Waals surface area (Å²) in [6.45, 7) is 6.12. The van der Waals surface area contributed by atoms with Gasteiger partial charge in [-0.3, -0.25) is 9.89 Å². The minimum absolute atomic E-state index is 0.110. The Morgan fingerprint density at radius 1 is 1.09 bits per heavy atom. The number of aromatic hydroxyl groups is 1. The molecule has 0 saturated heterocycles. The molecule has 180 valence electrons. The van der Waals surface area contributed by atoms with Gasteiger partial charge in [-0.1, -0.05) is 25.1 Å². The second-order valence-corrected chi connectivity index (χ2v) is 8.11. The third-order valence-electron chi connectivity index (χ3n) is 5.82. The first kappa shape index (κ1) is 23.6. The lowest BCUT2D eigenvalue weighted by molar-refractivity contribution is 0.0723. The third-order valence-corrected chi connectivity index (χ3v) is 5.82. The summed E-state index contributed by atoms with van der Waals surface area (Å²) < 4.78 is 17.0. The first-order chi connectivity index (χ1) is 16.6. The maximum absolute atomic E-state index is 13.4. The highest BCUT2D eigenvalue weighted by atomic mass is 16.5. The molecule has 2 heterocycles. The fourth-order valence-electron chi connectivity index (χ4n) is 4.33. The largest absolute Gasteiger partial charge is 0.507 e. The number of phenols is 1. The van der Waals surface area contributed by atoms with E-state index in [2.05, 4.69) is 17.1 Å². The van der Waals surface area contributed by atoms with Crippen molar-refractivity contribution in [3.63, 3.8) is 0 Å². The van der Waals surface area contributed by atoms with E-state index in [0.29, 0.717) is 61.2 Å². The van der Waals surface area contributed by atoms with Crippen molar-refractivity contribution in [1.29, 1.82) is 0 Å². The van der Waals surface area contributed by atoms with E-state index >= 15 is 0 Å². The van der Waals surface area contributed by atoms with E-state index in [9.17, 15) is 9.90 Å². The topological polar surface area (TPSA) is 96.9 Å². The molecular formula is C26H31N3O5. The van der Waals surface area contributed by atoms with Gasteiger partial charge in [0, 0.05) is 31.4 Å². The van der Waals surface area contributed by atoms with Crippen LogP contribution in [0.3, 0.4) is 0 Å². The van der Waals surface area contributed by atoms with E-state index in [4.69, 9.17) is 14.2 Å². The minimum atomic E-state index is -0.396. The van der Waals surface area contributed by atoms with Crippen LogP contribution in [-0.4, -0.2) is 59.6 Å². The van der Waals surface area contributed by atoms with Crippen LogP contribution in [0, 0.1) is 0 Å². The van der Waals surface area contributed by atoms with Crippen LogP contribution in [0.4, 0.5) is 0 Å². The van der Waals surface area contributed by atoms with Gasteiger partial charge in [-0.2, -0.15) is 5.10 Å². The minimum Gasteiger partial charge on any atom is -0.507 e. The number of fused-ring (bicyclic) bond motifs is 1. The van der Waals surface area contributed by atoms with Crippen molar-refractivity contribution in [1.82, 2.24) is 15.1 Å². The van der Waals surface area contributed by atoms with Gasteiger partial charge in [0.1, 0.15) is 17.1 Å². The van der Waals surface area contributed by atoms with E-state index < -0.39 is 6.04 Å². The molecule has 0 fully saturated rings. The SMILES string of the molecule is CCCOc1ccc([C@H]2c3c(-c4ccccc4O)n[nH]c3C(=O)N2CCCOC)cc1OCC. The van der Waals surface area contributed by atoms with Gasteiger partial charge in [0.15, 0.2) is 11.5 Å². The molecule has 0 radical (unpaired) electrons. The Balaban J connectivity index is 1.82. The maximum Gasteiger partial charge on any atom is 0.273 e. The van der Waals surface area contributed by atoms with Crippen LogP contribution in [0.2, 0.25) is 0 Å². The molecule has 0 unspecified atom stereocenters. The highest BCUT2D eigenvalue weighted by Crippen LogP contribution is 2.45. The fraction of sp³-hybridized carbons (Fsp3) is 0.385. The Bertz CT molecular complexity index is 1140. The molecule has 34 heavy (non-hydrogen) atoms. The summed E-state index contributed by atoms with van der Waals surface area (Å²) in [6, 6.07) is 12.4. The molecule has 2 N–H and O–H groups in total. The molecule has 1 aliphatic rings. The Labute approximate surface area is 199 Å². The quantitative estimate of drug-likeness (QED) is 0.403. The van der Waals surface area contributed by atoms with Gasteiger partial charge in [-0.25, -0.2) is 0 Å². The van der Waals surface area contributed by atoms with Crippen molar-refractivity contribution in [2.75, 3.05) is 33.5 Å². The van der Waals surface area contributed by atoms with E-state index in [0.717, 1.165) is 17.5 Å². The number of carbonyl (C=O) groups is 1. The van der Waals surface area contributed by atoms with Gasteiger partial charge >= 0.3 is 0 Å². The molecule has 2 aromatic carbocycles. The molecule has 0 bridgehead atoms. The molecule has 1 aromatic heterocycles. The van der Waals surface area contributed by atoms with E-state index in [-0.39, 0.29) is 11.7 Å². The van der Waals surface area contributed by atoms with Crippen molar-refractivity contribution >= 4 is 5.91 Å². The molecule has 1 aliphatic heterocycles. The number of hydrogen-bond donors (Lipinski definition) is 2. The number of amides is 1. The van der Waals surface area contributed by atoms with Crippen LogP contribution < -0.4 is 9.47 Å². The number of rotatable bonds is 11. The summed E-state index contributed by atoms with van der Waals surface area (Å²) in [5, 5.41) is 17.9. The Kier molecular flexibility index (Phi) is 7.37. The molecule has 0 saturated carbocycles. The number of aromatic nitrogens is 2. The maximum atomic E-state index is 13.4. The molecule has 1 atom stereocenters. The lowest BCUT2D eigenvalue weighted by Gasteiger charge is -2.27. The van der Waals surface area contributed by atoms with Crippen LogP contribution in [-0.2, 0) is 4.74 Å². The average molecular weight is 466 g/mol. The molecule has 4 rings (SSSR count). The number of para-hydroxylation sites is 1. The average Bonchev–Trinajstić information content (AvgIpc) is 3.38. The number of phenolic OH excluding ortho intramolecular Hbond substituents is 1. The number of benzene rings is 2. The summed E-state index contributed by atoms with van der Waals surface area (Å²) >= 11 is 0. The fourth-order valence-corrected chi connectivity index (χ4v) is 4.33. The zero-order valence-electron chi connectivity index (χ0n) is 19.8. The number of nitrogens with zero attached hydrogens (tertiary/aromatic N) is 2. The number of ether oxygens (including phenoxy) is 3. The van der Waals surface area contributed by atoms with E-state index in [1.165, 1.54) is 0 Å². The lowest BCUT2D eigenvalue weighted by atomic mass is 9.95. The second-order valence-electron chi connectivity index (χ2n) is 8.11. The Morgan fingerprint density at radius 2 is 1.91 bits per heavy atom. The van der Waals surface area contributed by atoms with Crippen molar-refractivity contribution in [2.24, 2.45) is 0 Å².